The van der Waals surface area contributed by atoms with Crippen LogP contribution >= 0.6 is 0 Å². The summed E-state index contributed by atoms with van der Waals surface area (Å²) in [6.07, 6.45) is 0.624. The van der Waals surface area contributed by atoms with Gasteiger partial charge in [-0.15, -0.1) is 0 Å². The van der Waals surface area contributed by atoms with Gasteiger partial charge < -0.3 is 14.5 Å². The monoisotopic (exact) mass is 476 g/mol. The Kier molecular flexibility index (Phi) is 7.00. The molecule has 3 saturated heterocycles. The molecule has 34 heavy (non-hydrogen) atoms. The zero-order valence-corrected chi connectivity index (χ0v) is 19.9. The normalized spacial score (nSPS) is 26.3. The summed E-state index contributed by atoms with van der Waals surface area (Å²) in [6, 6.07) is 7.03. The third-order valence-corrected chi connectivity index (χ3v) is 7.77. The number of fused-ring (bicyclic) bond motifs is 1. The molecule has 5 rings (SSSR count). The minimum absolute atomic E-state index is 0.0486. The molecule has 2 atom stereocenters. The number of benzene rings is 1. The van der Waals surface area contributed by atoms with Crippen LogP contribution in [0.1, 0.15) is 31.7 Å². The molecule has 0 spiro atoms. The molecule has 1 aromatic carbocycles. The number of ether oxygens (including phenoxy) is 1. The van der Waals surface area contributed by atoms with E-state index in [-0.39, 0.29) is 5.52 Å². The molecule has 0 radical (unpaired) electrons. The second kappa shape index (κ2) is 9.99. The van der Waals surface area contributed by atoms with Crippen LogP contribution in [0.3, 0.4) is 0 Å². The predicted molar refractivity (Wildman–Crippen MR) is 128 cm³/mol. The van der Waals surface area contributed by atoms with E-state index in [0.29, 0.717) is 23.3 Å². The van der Waals surface area contributed by atoms with Gasteiger partial charge in [0.1, 0.15) is 0 Å². The van der Waals surface area contributed by atoms with Crippen molar-refractivity contribution >= 4 is 16.6 Å². The van der Waals surface area contributed by atoms with Crippen LogP contribution in [-0.2, 0) is 10.9 Å². The van der Waals surface area contributed by atoms with Gasteiger partial charge in [0.15, 0.2) is 0 Å². The Bertz CT molecular complexity index is 970. The van der Waals surface area contributed by atoms with Crippen LogP contribution in [0.2, 0.25) is 0 Å². The molecule has 0 amide bonds. The Hall–Kier alpha value is -1.90. The molecule has 186 valence electrons. The van der Waals surface area contributed by atoms with Crippen molar-refractivity contribution in [1.82, 2.24) is 14.8 Å². The lowest BCUT2D eigenvalue weighted by Gasteiger charge is -2.43. The minimum atomic E-state index is -4.41. The van der Waals surface area contributed by atoms with Gasteiger partial charge in [-0.25, -0.2) is 0 Å². The zero-order valence-electron chi connectivity index (χ0n) is 19.9. The molecular formula is C26H35F3N4O. The van der Waals surface area contributed by atoms with Crippen LogP contribution < -0.4 is 4.90 Å². The van der Waals surface area contributed by atoms with Gasteiger partial charge in [-0.05, 0) is 68.5 Å². The van der Waals surface area contributed by atoms with Crippen molar-refractivity contribution in [2.45, 2.75) is 38.4 Å². The number of morpholine rings is 1. The van der Waals surface area contributed by atoms with Gasteiger partial charge in [0.05, 0.1) is 24.3 Å². The zero-order chi connectivity index (χ0) is 23.7. The molecule has 3 fully saturated rings. The van der Waals surface area contributed by atoms with Crippen molar-refractivity contribution in [2.75, 3.05) is 63.9 Å². The molecule has 5 nitrogen and oxygen atoms in total. The summed E-state index contributed by atoms with van der Waals surface area (Å²) in [4.78, 5) is 11.6. The number of anilines is 1. The molecule has 8 heteroatoms. The number of halogens is 3. The number of hydrogen-bond acceptors (Lipinski definition) is 5. The molecule has 3 aliphatic rings. The van der Waals surface area contributed by atoms with Crippen LogP contribution in [-0.4, -0.2) is 79.9 Å². The number of likely N-dealkylation sites (tertiary alicyclic amines) is 1. The van der Waals surface area contributed by atoms with E-state index in [1.54, 1.807) is 18.2 Å². The van der Waals surface area contributed by atoms with E-state index in [9.17, 15) is 13.2 Å². The molecule has 3 aliphatic heterocycles. The summed E-state index contributed by atoms with van der Waals surface area (Å²) in [5.41, 5.74) is 0.266. The van der Waals surface area contributed by atoms with Crippen LogP contribution in [0, 0.1) is 11.8 Å². The summed E-state index contributed by atoms with van der Waals surface area (Å²) in [5, 5.41) is 0.594. The standard InChI is InChI=1S/C26H35F3N4O/c1-19-15-20(17-31-9-6-21(7-10-31)32-11-13-34-14-12-32)18-33(16-19)24-5-4-23(26(27,28)29)25-22(24)3-2-8-30-25/h2-5,8,19-21H,6-7,9-18H2,1H3. The first-order chi connectivity index (χ1) is 16.4. The number of hydrogen-bond donors (Lipinski definition) is 0. The molecule has 0 saturated carbocycles. The van der Waals surface area contributed by atoms with E-state index in [2.05, 4.69) is 26.6 Å². The van der Waals surface area contributed by atoms with Gasteiger partial charge in [-0.3, -0.25) is 9.88 Å². The highest BCUT2D eigenvalue weighted by Gasteiger charge is 2.35. The van der Waals surface area contributed by atoms with Gasteiger partial charge >= 0.3 is 6.18 Å². The summed E-state index contributed by atoms with van der Waals surface area (Å²) >= 11 is 0. The largest absolute Gasteiger partial charge is 0.418 e. The van der Waals surface area contributed by atoms with E-state index in [0.717, 1.165) is 71.1 Å². The van der Waals surface area contributed by atoms with Crippen molar-refractivity contribution in [3.8, 4) is 0 Å². The Morgan fingerprint density at radius 1 is 1.03 bits per heavy atom. The van der Waals surface area contributed by atoms with Crippen molar-refractivity contribution in [3.63, 3.8) is 0 Å². The highest BCUT2D eigenvalue weighted by molar-refractivity contribution is 5.94. The van der Waals surface area contributed by atoms with Gasteiger partial charge in [-0.2, -0.15) is 13.2 Å². The van der Waals surface area contributed by atoms with Gasteiger partial charge in [0.2, 0.25) is 0 Å². The van der Waals surface area contributed by atoms with Gasteiger partial charge in [0, 0.05) is 56.0 Å². The number of piperidine rings is 2. The van der Waals surface area contributed by atoms with E-state index >= 15 is 0 Å². The number of nitrogens with zero attached hydrogens (tertiary/aromatic N) is 4. The molecule has 0 N–H and O–H groups in total. The van der Waals surface area contributed by atoms with Crippen molar-refractivity contribution in [1.29, 1.82) is 0 Å². The van der Waals surface area contributed by atoms with E-state index < -0.39 is 11.7 Å². The topological polar surface area (TPSA) is 31.8 Å². The molecule has 0 bridgehead atoms. The average Bonchev–Trinajstić information content (AvgIpc) is 2.83. The van der Waals surface area contributed by atoms with Gasteiger partial charge in [0.25, 0.3) is 0 Å². The summed E-state index contributed by atoms with van der Waals surface area (Å²) in [7, 11) is 0. The summed E-state index contributed by atoms with van der Waals surface area (Å²) in [6.45, 7) is 11.1. The fourth-order valence-electron chi connectivity index (χ4n) is 6.25. The highest BCUT2D eigenvalue weighted by Crippen LogP contribution is 2.39. The van der Waals surface area contributed by atoms with E-state index in [1.807, 2.05) is 0 Å². The third-order valence-electron chi connectivity index (χ3n) is 7.77. The maximum absolute atomic E-state index is 13.6. The maximum atomic E-state index is 13.6. The first-order valence-electron chi connectivity index (χ1n) is 12.6. The predicted octanol–water partition coefficient (Wildman–Crippen LogP) is 4.51. The van der Waals surface area contributed by atoms with Crippen molar-refractivity contribution in [2.24, 2.45) is 11.8 Å². The number of rotatable bonds is 4. The van der Waals surface area contributed by atoms with Gasteiger partial charge in [-0.1, -0.05) is 6.92 Å². The first-order valence-corrected chi connectivity index (χ1v) is 12.6. The lowest BCUT2D eigenvalue weighted by atomic mass is 9.88. The molecule has 1 aromatic heterocycles. The lowest BCUT2D eigenvalue weighted by molar-refractivity contribution is -0.136. The lowest BCUT2D eigenvalue weighted by Crippen LogP contribution is -2.51. The first kappa shape index (κ1) is 23.8. The second-order valence-corrected chi connectivity index (χ2v) is 10.3. The van der Waals surface area contributed by atoms with E-state index in [4.69, 9.17) is 4.74 Å². The summed E-state index contributed by atoms with van der Waals surface area (Å²) in [5.74, 6) is 1.01. The van der Waals surface area contributed by atoms with Crippen LogP contribution in [0.15, 0.2) is 30.5 Å². The minimum Gasteiger partial charge on any atom is -0.379 e. The SMILES string of the molecule is CC1CC(CN2CCC(N3CCOCC3)CC2)CN(c2ccc(C(F)(F)F)c3ncccc23)C1. The molecular weight excluding hydrogens is 441 g/mol. The third kappa shape index (κ3) is 5.19. The maximum Gasteiger partial charge on any atom is 0.418 e. The molecule has 4 heterocycles. The molecule has 0 aliphatic carbocycles. The Labute approximate surface area is 199 Å². The number of alkyl halides is 3. The molecule has 2 unspecified atom stereocenters. The van der Waals surface area contributed by atoms with Crippen LogP contribution in [0.5, 0.6) is 0 Å². The number of pyridine rings is 1. The highest BCUT2D eigenvalue weighted by atomic mass is 19.4. The number of aromatic nitrogens is 1. The van der Waals surface area contributed by atoms with Crippen LogP contribution in [0.4, 0.5) is 18.9 Å². The average molecular weight is 477 g/mol. The Balaban J connectivity index is 1.26. The summed E-state index contributed by atoms with van der Waals surface area (Å²) < 4.78 is 46.2. The smallest absolute Gasteiger partial charge is 0.379 e. The quantitative estimate of drug-likeness (QED) is 0.648. The van der Waals surface area contributed by atoms with Crippen molar-refractivity contribution < 1.29 is 17.9 Å². The van der Waals surface area contributed by atoms with Crippen LogP contribution in [0.25, 0.3) is 10.9 Å². The fourth-order valence-corrected chi connectivity index (χ4v) is 6.25. The second-order valence-electron chi connectivity index (χ2n) is 10.3. The molecule has 2 aromatic rings. The van der Waals surface area contributed by atoms with E-state index in [1.165, 1.54) is 25.1 Å². The Morgan fingerprint density at radius 2 is 1.79 bits per heavy atom. The Morgan fingerprint density at radius 3 is 2.53 bits per heavy atom. The van der Waals surface area contributed by atoms with Crippen molar-refractivity contribution in [3.05, 3.63) is 36.0 Å². The fraction of sp³-hybridized carbons (Fsp3) is 0.654.